The summed E-state index contributed by atoms with van der Waals surface area (Å²) in [6.45, 7) is 14.0. The molecule has 0 aliphatic heterocycles. The van der Waals surface area contributed by atoms with Crippen LogP contribution in [-0.4, -0.2) is 44.3 Å². The first-order chi connectivity index (χ1) is 14.8. The van der Waals surface area contributed by atoms with Crippen molar-refractivity contribution in [3.05, 3.63) is 0 Å². The van der Waals surface area contributed by atoms with Crippen molar-refractivity contribution in [2.75, 3.05) is 0 Å². The molecule has 4 rings (SSSR count). The quantitative estimate of drug-likeness (QED) is 0.486. The Bertz CT molecular complexity index is 680. The van der Waals surface area contributed by atoms with Crippen molar-refractivity contribution in [1.82, 2.24) is 0 Å². The molecule has 4 aliphatic carbocycles. The van der Waals surface area contributed by atoms with Gasteiger partial charge in [-0.1, -0.05) is 54.4 Å². The van der Waals surface area contributed by atoms with E-state index in [1.807, 2.05) is 0 Å². The van der Waals surface area contributed by atoms with Crippen LogP contribution >= 0.6 is 0 Å². The lowest BCUT2D eigenvalue weighted by atomic mass is 9.41. The summed E-state index contributed by atoms with van der Waals surface area (Å²) in [6, 6.07) is 0. The van der Waals surface area contributed by atoms with E-state index in [4.69, 9.17) is 0 Å². The number of rotatable bonds is 5. The van der Waals surface area contributed by atoms with Gasteiger partial charge in [0.15, 0.2) is 0 Å². The van der Waals surface area contributed by atoms with E-state index in [0.717, 1.165) is 18.3 Å². The predicted molar refractivity (Wildman–Crippen MR) is 128 cm³/mol. The molecule has 0 aromatic heterocycles. The Labute approximate surface area is 196 Å². The number of hydrogen-bond acceptors (Lipinski definition) is 4. The van der Waals surface area contributed by atoms with Crippen molar-refractivity contribution in [3.8, 4) is 0 Å². The normalized spacial score (nSPS) is 52.8. The molecule has 12 atom stereocenters. The highest BCUT2D eigenvalue weighted by Crippen LogP contribution is 2.69. The van der Waals surface area contributed by atoms with Gasteiger partial charge in [-0.05, 0) is 85.4 Å². The van der Waals surface area contributed by atoms with Crippen LogP contribution < -0.4 is 0 Å². The van der Waals surface area contributed by atoms with Gasteiger partial charge in [-0.3, -0.25) is 0 Å². The Balaban J connectivity index is 1.57. The van der Waals surface area contributed by atoms with Crippen LogP contribution in [0.5, 0.6) is 0 Å². The van der Waals surface area contributed by atoms with E-state index in [9.17, 15) is 20.4 Å². The molecule has 5 unspecified atom stereocenters. The van der Waals surface area contributed by atoms with Crippen molar-refractivity contribution >= 4 is 0 Å². The minimum absolute atomic E-state index is 0.0106. The van der Waals surface area contributed by atoms with Crippen LogP contribution in [0.15, 0.2) is 0 Å². The van der Waals surface area contributed by atoms with Crippen molar-refractivity contribution < 1.29 is 20.4 Å². The van der Waals surface area contributed by atoms with E-state index in [0.29, 0.717) is 37.0 Å². The molecule has 4 aliphatic rings. The van der Waals surface area contributed by atoms with Crippen LogP contribution in [0.1, 0.15) is 99.3 Å². The fourth-order valence-corrected chi connectivity index (χ4v) is 9.42. The van der Waals surface area contributed by atoms with Crippen molar-refractivity contribution in [1.29, 1.82) is 0 Å². The monoisotopic (exact) mass is 450 g/mol. The Hall–Kier alpha value is -0.160. The maximum atomic E-state index is 11.6. The lowest BCUT2D eigenvalue weighted by molar-refractivity contribution is -0.282. The molecule has 4 saturated carbocycles. The number of aliphatic hydroxyl groups excluding tert-OH is 3. The molecule has 0 saturated heterocycles. The Kier molecular flexibility index (Phi) is 6.63. The SMILES string of the molecule is CC(C)C(C)CC[C@@H](C)[C@H]1CC[C@H]2[C@@H]3CC(O)C4(O)CC(O)CC[C@]4(C)[C@H]3C(O)C[C@]12C. The maximum Gasteiger partial charge on any atom is 0.0986 e. The third-order valence-electron chi connectivity index (χ3n) is 11.7. The highest BCUT2D eigenvalue weighted by atomic mass is 16.3. The molecule has 32 heavy (non-hydrogen) atoms. The molecule has 4 nitrogen and oxygen atoms in total. The van der Waals surface area contributed by atoms with Gasteiger partial charge in [-0.2, -0.15) is 0 Å². The van der Waals surface area contributed by atoms with Gasteiger partial charge in [0.2, 0.25) is 0 Å². The van der Waals surface area contributed by atoms with Crippen LogP contribution in [0.2, 0.25) is 0 Å². The molecule has 0 aromatic carbocycles. The molecule has 0 aromatic rings. The van der Waals surface area contributed by atoms with Crippen LogP contribution in [0, 0.1) is 52.3 Å². The van der Waals surface area contributed by atoms with Gasteiger partial charge in [0.05, 0.1) is 23.9 Å². The van der Waals surface area contributed by atoms with E-state index in [1.54, 1.807) is 0 Å². The summed E-state index contributed by atoms with van der Waals surface area (Å²) in [5, 5.41) is 44.7. The van der Waals surface area contributed by atoms with Crippen molar-refractivity contribution in [2.24, 2.45) is 52.3 Å². The first-order valence-electron chi connectivity index (χ1n) is 13.6. The third kappa shape index (κ3) is 3.62. The van der Waals surface area contributed by atoms with Gasteiger partial charge in [0, 0.05) is 11.8 Å². The van der Waals surface area contributed by atoms with Crippen LogP contribution in [0.4, 0.5) is 0 Å². The molecule has 0 amide bonds. The summed E-state index contributed by atoms with van der Waals surface area (Å²) < 4.78 is 0. The maximum absolute atomic E-state index is 11.6. The highest BCUT2D eigenvalue weighted by Gasteiger charge is 2.69. The lowest BCUT2D eigenvalue weighted by Gasteiger charge is -2.66. The predicted octanol–water partition coefficient (Wildman–Crippen LogP) is 4.77. The summed E-state index contributed by atoms with van der Waals surface area (Å²) >= 11 is 0. The lowest BCUT2D eigenvalue weighted by Crippen LogP contribution is -2.71. The molecule has 186 valence electrons. The zero-order valence-electron chi connectivity index (χ0n) is 21.4. The molecule has 0 heterocycles. The van der Waals surface area contributed by atoms with Crippen LogP contribution in [0.3, 0.4) is 0 Å². The molecular formula is C28H50O4. The molecule has 0 spiro atoms. The minimum atomic E-state index is -1.29. The van der Waals surface area contributed by atoms with Gasteiger partial charge in [0.1, 0.15) is 0 Å². The molecule has 0 bridgehead atoms. The summed E-state index contributed by atoms with van der Waals surface area (Å²) in [6.07, 6.45) is 6.06. The van der Waals surface area contributed by atoms with E-state index < -0.39 is 29.3 Å². The molecule has 4 fully saturated rings. The average molecular weight is 451 g/mol. The van der Waals surface area contributed by atoms with E-state index in [-0.39, 0.29) is 23.7 Å². The number of hydrogen-bond donors (Lipinski definition) is 4. The first-order valence-corrected chi connectivity index (χ1v) is 13.6. The number of fused-ring (bicyclic) bond motifs is 5. The van der Waals surface area contributed by atoms with Gasteiger partial charge in [-0.15, -0.1) is 0 Å². The highest BCUT2D eigenvalue weighted by molar-refractivity contribution is 5.19. The van der Waals surface area contributed by atoms with Crippen LogP contribution in [-0.2, 0) is 0 Å². The minimum Gasteiger partial charge on any atom is -0.393 e. The molecule has 4 N–H and O–H groups in total. The van der Waals surface area contributed by atoms with Gasteiger partial charge >= 0.3 is 0 Å². The molecule has 0 radical (unpaired) electrons. The Morgan fingerprint density at radius 1 is 0.906 bits per heavy atom. The van der Waals surface area contributed by atoms with E-state index >= 15 is 0 Å². The largest absolute Gasteiger partial charge is 0.393 e. The van der Waals surface area contributed by atoms with Gasteiger partial charge in [0.25, 0.3) is 0 Å². The second kappa shape index (κ2) is 8.50. The smallest absolute Gasteiger partial charge is 0.0986 e. The first kappa shape index (κ1) is 24.9. The summed E-state index contributed by atoms with van der Waals surface area (Å²) in [5.74, 6) is 3.53. The molecular weight excluding hydrogens is 400 g/mol. The van der Waals surface area contributed by atoms with E-state index in [1.165, 1.54) is 25.7 Å². The van der Waals surface area contributed by atoms with Crippen molar-refractivity contribution in [2.45, 2.75) is 123 Å². The fourth-order valence-electron chi connectivity index (χ4n) is 9.42. The second-order valence-corrected chi connectivity index (χ2v) is 13.5. The van der Waals surface area contributed by atoms with Crippen LogP contribution in [0.25, 0.3) is 0 Å². The zero-order chi connectivity index (χ0) is 23.6. The standard InChI is InChI=1S/C28H50O4/c1-16(2)17(3)7-8-18(4)21-9-10-22-20-13-24(31)28(32)14-19(29)11-12-27(28,6)25(20)23(30)15-26(21,22)5/h16-25,29-32H,7-15H2,1-6H3/t17?,18-,19?,20+,21-,22+,23?,24?,25-,26-,27-,28?/m1/s1. The van der Waals surface area contributed by atoms with Gasteiger partial charge in [-0.25, -0.2) is 0 Å². The van der Waals surface area contributed by atoms with Crippen molar-refractivity contribution in [3.63, 3.8) is 0 Å². The molecule has 4 heteroatoms. The zero-order valence-corrected chi connectivity index (χ0v) is 21.4. The second-order valence-electron chi connectivity index (χ2n) is 13.5. The number of aliphatic hydroxyl groups is 4. The summed E-state index contributed by atoms with van der Waals surface area (Å²) in [7, 11) is 0. The third-order valence-corrected chi connectivity index (χ3v) is 11.7. The summed E-state index contributed by atoms with van der Waals surface area (Å²) in [5.41, 5.74) is -1.72. The average Bonchev–Trinajstić information content (AvgIpc) is 3.04. The fraction of sp³-hybridized carbons (Fsp3) is 1.00. The van der Waals surface area contributed by atoms with E-state index in [2.05, 4.69) is 41.5 Å². The Morgan fingerprint density at radius 3 is 2.25 bits per heavy atom. The topological polar surface area (TPSA) is 80.9 Å². The summed E-state index contributed by atoms with van der Waals surface area (Å²) in [4.78, 5) is 0. The Morgan fingerprint density at radius 2 is 1.59 bits per heavy atom. The van der Waals surface area contributed by atoms with Gasteiger partial charge < -0.3 is 20.4 Å².